The molecule has 0 aromatic heterocycles. The highest BCUT2D eigenvalue weighted by Crippen LogP contribution is 2.34. The number of anilines is 1. The number of carbonyl (C=O) groups is 1. The second-order valence-electron chi connectivity index (χ2n) is 5.46. The first-order chi connectivity index (χ1) is 9.40. The summed E-state index contributed by atoms with van der Waals surface area (Å²) in [6.45, 7) is 4.36. The van der Waals surface area contributed by atoms with Gasteiger partial charge in [-0.05, 0) is 36.8 Å². The number of aromatic carboxylic acids is 1. The first-order valence-corrected chi connectivity index (χ1v) is 6.68. The highest BCUT2D eigenvalue weighted by atomic mass is 16.6. The van der Waals surface area contributed by atoms with Crippen molar-refractivity contribution >= 4 is 17.3 Å². The first-order valence-electron chi connectivity index (χ1n) is 6.68. The minimum atomic E-state index is -1.29. The van der Waals surface area contributed by atoms with Crippen LogP contribution >= 0.6 is 0 Å². The molecule has 20 heavy (non-hydrogen) atoms. The number of benzene rings is 1. The zero-order chi connectivity index (χ0) is 14.9. The summed E-state index contributed by atoms with van der Waals surface area (Å²) >= 11 is 0. The lowest BCUT2D eigenvalue weighted by Gasteiger charge is -2.20. The van der Waals surface area contributed by atoms with Gasteiger partial charge in [-0.25, -0.2) is 4.79 Å². The van der Waals surface area contributed by atoms with Crippen molar-refractivity contribution in [3.63, 3.8) is 0 Å². The predicted molar refractivity (Wildman–Crippen MR) is 75.0 cm³/mol. The van der Waals surface area contributed by atoms with Crippen molar-refractivity contribution in [3.8, 4) is 0 Å². The number of hydrogen-bond acceptors (Lipinski definition) is 4. The van der Waals surface area contributed by atoms with E-state index in [1.54, 1.807) is 6.07 Å². The van der Waals surface area contributed by atoms with Crippen LogP contribution in [0.4, 0.5) is 11.4 Å². The molecule has 1 saturated carbocycles. The Bertz CT molecular complexity index is 544. The Labute approximate surface area is 117 Å². The quantitative estimate of drug-likeness (QED) is 0.652. The minimum absolute atomic E-state index is 0.278. The Hall–Kier alpha value is -2.11. The molecule has 3 unspecified atom stereocenters. The fourth-order valence-electron chi connectivity index (χ4n) is 2.74. The molecule has 0 radical (unpaired) electrons. The Morgan fingerprint density at radius 3 is 2.60 bits per heavy atom. The smallest absolute Gasteiger partial charge is 0.342 e. The highest BCUT2D eigenvalue weighted by molar-refractivity contribution is 5.93. The number of hydrogen-bond donors (Lipinski definition) is 2. The zero-order valence-electron chi connectivity index (χ0n) is 11.5. The van der Waals surface area contributed by atoms with E-state index >= 15 is 0 Å². The van der Waals surface area contributed by atoms with Crippen LogP contribution in [0.25, 0.3) is 0 Å². The number of rotatable bonds is 4. The lowest BCUT2D eigenvalue weighted by molar-refractivity contribution is -0.385. The highest BCUT2D eigenvalue weighted by Gasteiger charge is 2.30. The number of carboxylic acids is 1. The molecule has 6 heteroatoms. The normalized spacial score (nSPS) is 25.4. The Morgan fingerprint density at radius 2 is 2.10 bits per heavy atom. The van der Waals surface area contributed by atoms with Crippen molar-refractivity contribution in [2.75, 3.05) is 5.32 Å². The van der Waals surface area contributed by atoms with Gasteiger partial charge in [0.05, 0.1) is 4.92 Å². The van der Waals surface area contributed by atoms with Gasteiger partial charge >= 0.3 is 5.97 Å². The van der Waals surface area contributed by atoms with Crippen LogP contribution in [0.1, 0.15) is 37.0 Å². The largest absolute Gasteiger partial charge is 0.477 e. The molecule has 1 aliphatic rings. The van der Waals surface area contributed by atoms with Gasteiger partial charge in [0.2, 0.25) is 0 Å². The zero-order valence-corrected chi connectivity index (χ0v) is 11.5. The van der Waals surface area contributed by atoms with Gasteiger partial charge in [0.1, 0.15) is 5.56 Å². The van der Waals surface area contributed by atoms with Gasteiger partial charge in [0, 0.05) is 17.8 Å². The molecule has 2 rings (SSSR count). The van der Waals surface area contributed by atoms with E-state index in [1.807, 2.05) is 0 Å². The van der Waals surface area contributed by atoms with Crippen LogP contribution in [-0.4, -0.2) is 22.0 Å². The van der Waals surface area contributed by atoms with Gasteiger partial charge in [-0.2, -0.15) is 0 Å². The van der Waals surface area contributed by atoms with Gasteiger partial charge in [-0.15, -0.1) is 0 Å². The lowest BCUT2D eigenvalue weighted by atomic mass is 9.97. The molecular weight excluding hydrogens is 260 g/mol. The number of nitro benzene ring substituents is 1. The maximum atomic E-state index is 11.0. The number of nitro groups is 1. The summed E-state index contributed by atoms with van der Waals surface area (Å²) in [6.07, 6.45) is 2.16. The van der Waals surface area contributed by atoms with Gasteiger partial charge in [0.15, 0.2) is 0 Å². The van der Waals surface area contributed by atoms with Gasteiger partial charge < -0.3 is 10.4 Å². The van der Waals surface area contributed by atoms with Crippen LogP contribution in [0.15, 0.2) is 18.2 Å². The average Bonchev–Trinajstić information content (AvgIpc) is 2.70. The number of carboxylic acid groups (broad SMARTS) is 1. The van der Waals surface area contributed by atoms with Crippen LogP contribution in [0.2, 0.25) is 0 Å². The molecule has 2 N–H and O–H groups in total. The molecule has 108 valence electrons. The second-order valence-corrected chi connectivity index (χ2v) is 5.46. The molecule has 0 amide bonds. The average molecular weight is 278 g/mol. The van der Waals surface area contributed by atoms with Crippen molar-refractivity contribution in [1.29, 1.82) is 0 Å². The molecule has 6 nitrogen and oxygen atoms in total. The van der Waals surface area contributed by atoms with E-state index < -0.39 is 10.9 Å². The SMILES string of the molecule is CC1CCC(Nc2ccc(C(=O)O)c([N+](=O)[O-])c2)C1C. The molecule has 0 heterocycles. The predicted octanol–water partition coefficient (Wildman–Crippen LogP) is 3.14. The molecule has 0 saturated heterocycles. The van der Waals surface area contributed by atoms with Crippen LogP contribution in [0, 0.1) is 22.0 Å². The van der Waals surface area contributed by atoms with Crippen molar-refractivity contribution < 1.29 is 14.8 Å². The van der Waals surface area contributed by atoms with Gasteiger partial charge in [-0.1, -0.05) is 13.8 Å². The summed E-state index contributed by atoms with van der Waals surface area (Å²) in [4.78, 5) is 21.2. The Kier molecular flexibility index (Phi) is 3.92. The topological polar surface area (TPSA) is 92.5 Å². The standard InChI is InChI=1S/C14H18N2O4/c1-8-3-6-12(9(8)2)15-10-4-5-11(14(17)18)13(7-10)16(19)20/h4-5,7-9,12,15H,3,6H2,1-2H3,(H,17,18). The van der Waals surface area contributed by atoms with Crippen LogP contribution in [0.5, 0.6) is 0 Å². The summed E-state index contributed by atoms with van der Waals surface area (Å²) in [7, 11) is 0. The third-order valence-electron chi connectivity index (χ3n) is 4.24. The van der Waals surface area contributed by atoms with Crippen LogP contribution in [-0.2, 0) is 0 Å². The van der Waals surface area contributed by atoms with Gasteiger partial charge in [-0.3, -0.25) is 10.1 Å². The van der Waals surface area contributed by atoms with E-state index in [0.717, 1.165) is 12.8 Å². The third kappa shape index (κ3) is 2.74. The van der Waals surface area contributed by atoms with Gasteiger partial charge in [0.25, 0.3) is 5.69 Å². The summed E-state index contributed by atoms with van der Waals surface area (Å²) in [5.74, 6) is -0.167. The summed E-state index contributed by atoms with van der Waals surface area (Å²) in [5.41, 5.74) is -0.0535. The molecule has 1 aromatic carbocycles. The lowest BCUT2D eigenvalue weighted by Crippen LogP contribution is -2.24. The molecular formula is C14H18N2O4. The molecule has 0 aliphatic heterocycles. The molecule has 1 aliphatic carbocycles. The van der Waals surface area contributed by atoms with E-state index in [1.165, 1.54) is 12.1 Å². The van der Waals surface area contributed by atoms with E-state index in [9.17, 15) is 14.9 Å². The fourth-order valence-corrected chi connectivity index (χ4v) is 2.74. The summed E-state index contributed by atoms with van der Waals surface area (Å²) in [6, 6.07) is 4.46. The minimum Gasteiger partial charge on any atom is -0.477 e. The van der Waals surface area contributed by atoms with Crippen LogP contribution < -0.4 is 5.32 Å². The van der Waals surface area contributed by atoms with E-state index in [-0.39, 0.29) is 17.3 Å². The molecule has 0 bridgehead atoms. The molecule has 1 aromatic rings. The van der Waals surface area contributed by atoms with Crippen molar-refractivity contribution in [3.05, 3.63) is 33.9 Å². The summed E-state index contributed by atoms with van der Waals surface area (Å²) < 4.78 is 0. The fraction of sp³-hybridized carbons (Fsp3) is 0.500. The van der Waals surface area contributed by atoms with Crippen molar-refractivity contribution in [2.45, 2.75) is 32.7 Å². The molecule has 1 fully saturated rings. The van der Waals surface area contributed by atoms with E-state index in [4.69, 9.17) is 5.11 Å². The second kappa shape index (κ2) is 5.48. The molecule has 0 spiro atoms. The van der Waals surface area contributed by atoms with Crippen LogP contribution in [0.3, 0.4) is 0 Å². The maximum Gasteiger partial charge on any atom is 0.342 e. The van der Waals surface area contributed by atoms with E-state index in [0.29, 0.717) is 17.5 Å². The first kappa shape index (κ1) is 14.3. The van der Waals surface area contributed by atoms with Crippen molar-refractivity contribution in [1.82, 2.24) is 0 Å². The Balaban J connectivity index is 2.24. The summed E-state index contributed by atoms with van der Waals surface area (Å²) in [5, 5.41) is 23.2. The van der Waals surface area contributed by atoms with E-state index in [2.05, 4.69) is 19.2 Å². The monoisotopic (exact) mass is 278 g/mol. The maximum absolute atomic E-state index is 11.0. The number of nitrogens with zero attached hydrogens (tertiary/aromatic N) is 1. The number of nitrogens with one attached hydrogen (secondary N) is 1. The Morgan fingerprint density at radius 1 is 1.40 bits per heavy atom. The van der Waals surface area contributed by atoms with Crippen molar-refractivity contribution in [2.24, 2.45) is 11.8 Å². The molecule has 3 atom stereocenters. The third-order valence-corrected chi connectivity index (χ3v) is 4.24.